The molecule has 9 nitrogen and oxygen atoms in total. The summed E-state index contributed by atoms with van der Waals surface area (Å²) in [5.74, 6) is 1.34. The van der Waals surface area contributed by atoms with Gasteiger partial charge in [-0.1, -0.05) is 92.2 Å². The molecular weight excluding hydrogens is 466 g/mol. The first kappa shape index (κ1) is 24.3. The average Bonchev–Trinajstić information content (AvgIpc) is 3.58. The number of unbranched alkanes of at least 4 members (excludes halogenated alkanes) is 1. The number of aliphatic hydroxyl groups excluding tert-OH is 1. The molecule has 0 spiro atoms. The van der Waals surface area contributed by atoms with Crippen molar-refractivity contribution in [3.8, 4) is 22.5 Å². The molecular formula is C28H29N7O2. The van der Waals surface area contributed by atoms with Crippen molar-refractivity contribution >= 4 is 0 Å². The number of aromatic amines is 1. The van der Waals surface area contributed by atoms with Crippen molar-refractivity contribution in [2.45, 2.75) is 45.4 Å². The van der Waals surface area contributed by atoms with Crippen LogP contribution in [0.3, 0.4) is 0 Å². The first-order chi connectivity index (χ1) is 18.1. The van der Waals surface area contributed by atoms with Crippen LogP contribution in [0.15, 0.2) is 83.7 Å². The molecule has 188 valence electrons. The van der Waals surface area contributed by atoms with Crippen LogP contribution in [0.25, 0.3) is 22.5 Å². The van der Waals surface area contributed by atoms with Gasteiger partial charge in [-0.05, 0) is 39.1 Å². The van der Waals surface area contributed by atoms with Crippen molar-refractivity contribution in [3.05, 3.63) is 106 Å². The molecule has 0 saturated carbocycles. The molecule has 0 bridgehead atoms. The lowest BCUT2D eigenvalue weighted by Gasteiger charge is -2.10. The standard InChI is InChI=1S/C28H29N7O2/c1-2-3-13-26-31-35(19-25(36)22-9-5-4-6-10-22)28(37)34(26)18-20-14-16-21(17-15-20)23-11-7-8-12-24(23)27-29-32-33-30-27/h4-12,14-17,25,36H,2-3,13,18-19H2,1H3,(H,29,30,32,33). The SMILES string of the molecule is CCCCc1nn(CC(O)c2ccccc2)c(=O)n1Cc1ccc(-c2ccccc2-c2nnn[nH]2)cc1. The molecule has 2 aromatic heterocycles. The van der Waals surface area contributed by atoms with Gasteiger partial charge in [0.1, 0.15) is 5.82 Å². The molecule has 1 unspecified atom stereocenters. The van der Waals surface area contributed by atoms with Crippen molar-refractivity contribution in [1.82, 2.24) is 35.0 Å². The van der Waals surface area contributed by atoms with Gasteiger partial charge in [0.2, 0.25) is 0 Å². The molecule has 0 aliphatic rings. The lowest BCUT2D eigenvalue weighted by molar-refractivity contribution is 0.149. The number of aryl methyl sites for hydroxylation is 1. The van der Waals surface area contributed by atoms with Crippen molar-refractivity contribution in [3.63, 3.8) is 0 Å². The van der Waals surface area contributed by atoms with Gasteiger partial charge in [-0.25, -0.2) is 14.6 Å². The van der Waals surface area contributed by atoms with Crippen LogP contribution in [0.4, 0.5) is 0 Å². The molecule has 0 aliphatic carbocycles. The Bertz CT molecular complexity index is 1490. The lowest BCUT2D eigenvalue weighted by atomic mass is 9.98. The van der Waals surface area contributed by atoms with Crippen LogP contribution in [0.5, 0.6) is 0 Å². The molecule has 2 N–H and O–H groups in total. The number of benzene rings is 3. The summed E-state index contributed by atoms with van der Waals surface area (Å²) in [6.45, 7) is 2.64. The Morgan fingerprint density at radius 2 is 1.68 bits per heavy atom. The van der Waals surface area contributed by atoms with E-state index in [4.69, 9.17) is 0 Å². The zero-order valence-electron chi connectivity index (χ0n) is 20.7. The normalized spacial score (nSPS) is 12.1. The molecule has 0 aliphatic heterocycles. The third-order valence-corrected chi connectivity index (χ3v) is 6.42. The lowest BCUT2D eigenvalue weighted by Crippen LogP contribution is -2.27. The van der Waals surface area contributed by atoms with Gasteiger partial charge in [-0.15, -0.1) is 5.10 Å². The number of nitrogens with zero attached hydrogens (tertiary/aromatic N) is 6. The van der Waals surface area contributed by atoms with Crippen molar-refractivity contribution in [1.29, 1.82) is 0 Å². The molecule has 0 radical (unpaired) electrons. The van der Waals surface area contributed by atoms with E-state index < -0.39 is 6.10 Å². The summed E-state index contributed by atoms with van der Waals surface area (Å²) in [6, 6.07) is 25.4. The van der Waals surface area contributed by atoms with Gasteiger partial charge in [-0.2, -0.15) is 5.10 Å². The summed E-state index contributed by atoms with van der Waals surface area (Å²) in [4.78, 5) is 13.3. The Kier molecular flexibility index (Phi) is 7.32. The smallest absolute Gasteiger partial charge is 0.346 e. The highest BCUT2D eigenvalue weighted by molar-refractivity contribution is 5.80. The fraction of sp³-hybridized carbons (Fsp3) is 0.250. The highest BCUT2D eigenvalue weighted by Crippen LogP contribution is 2.29. The summed E-state index contributed by atoms with van der Waals surface area (Å²) >= 11 is 0. The van der Waals surface area contributed by atoms with E-state index in [0.717, 1.165) is 46.5 Å². The van der Waals surface area contributed by atoms with Crippen LogP contribution in [0.1, 0.15) is 42.8 Å². The van der Waals surface area contributed by atoms with E-state index in [0.29, 0.717) is 18.8 Å². The van der Waals surface area contributed by atoms with Gasteiger partial charge < -0.3 is 5.11 Å². The van der Waals surface area contributed by atoms with Gasteiger partial charge in [0.05, 0.1) is 19.2 Å². The second kappa shape index (κ2) is 11.1. The molecule has 2 heterocycles. The predicted molar refractivity (Wildman–Crippen MR) is 141 cm³/mol. The topological polar surface area (TPSA) is 115 Å². The number of H-pyrrole nitrogens is 1. The number of rotatable bonds is 10. The predicted octanol–water partition coefficient (Wildman–Crippen LogP) is 4.02. The zero-order valence-corrected chi connectivity index (χ0v) is 20.7. The van der Waals surface area contributed by atoms with E-state index in [1.807, 2.05) is 78.9 Å². The molecule has 0 amide bonds. The Hall–Kier alpha value is -4.37. The van der Waals surface area contributed by atoms with Crippen LogP contribution in [-0.2, 0) is 19.5 Å². The van der Waals surface area contributed by atoms with Crippen LogP contribution < -0.4 is 5.69 Å². The maximum absolute atomic E-state index is 13.3. The second-order valence-electron chi connectivity index (χ2n) is 8.99. The first-order valence-electron chi connectivity index (χ1n) is 12.5. The summed E-state index contributed by atoms with van der Waals surface area (Å²) < 4.78 is 3.11. The Labute approximate surface area is 214 Å². The molecule has 1 atom stereocenters. The number of hydrogen-bond donors (Lipinski definition) is 2. The number of nitrogens with one attached hydrogen (secondary N) is 1. The van der Waals surface area contributed by atoms with E-state index in [1.54, 1.807) is 4.57 Å². The third kappa shape index (κ3) is 5.41. The third-order valence-electron chi connectivity index (χ3n) is 6.42. The number of hydrogen-bond acceptors (Lipinski definition) is 6. The van der Waals surface area contributed by atoms with Crippen LogP contribution in [0.2, 0.25) is 0 Å². The molecule has 5 rings (SSSR count). The van der Waals surface area contributed by atoms with E-state index in [1.165, 1.54) is 4.68 Å². The molecule has 3 aromatic carbocycles. The minimum Gasteiger partial charge on any atom is -0.386 e. The van der Waals surface area contributed by atoms with Gasteiger partial charge in [0.15, 0.2) is 5.82 Å². The van der Waals surface area contributed by atoms with Gasteiger partial charge in [0, 0.05) is 12.0 Å². The maximum Gasteiger partial charge on any atom is 0.346 e. The minimum absolute atomic E-state index is 0.112. The maximum atomic E-state index is 13.3. The highest BCUT2D eigenvalue weighted by atomic mass is 16.3. The minimum atomic E-state index is -0.805. The fourth-order valence-corrected chi connectivity index (χ4v) is 4.41. The molecule has 0 saturated heterocycles. The van der Waals surface area contributed by atoms with E-state index in [-0.39, 0.29) is 12.2 Å². The van der Waals surface area contributed by atoms with Crippen LogP contribution in [-0.4, -0.2) is 40.1 Å². The van der Waals surface area contributed by atoms with Crippen molar-refractivity contribution in [2.24, 2.45) is 0 Å². The van der Waals surface area contributed by atoms with Gasteiger partial charge >= 0.3 is 5.69 Å². The Morgan fingerprint density at radius 1 is 0.946 bits per heavy atom. The summed E-state index contributed by atoms with van der Waals surface area (Å²) in [6.07, 6.45) is 1.84. The molecule has 37 heavy (non-hydrogen) atoms. The second-order valence-corrected chi connectivity index (χ2v) is 8.99. The first-order valence-corrected chi connectivity index (χ1v) is 12.5. The molecule has 0 fully saturated rings. The number of aromatic nitrogens is 7. The Balaban J connectivity index is 1.40. The Morgan fingerprint density at radius 3 is 2.38 bits per heavy atom. The van der Waals surface area contributed by atoms with Crippen molar-refractivity contribution < 1.29 is 5.11 Å². The monoisotopic (exact) mass is 495 g/mol. The number of aliphatic hydroxyl groups is 1. The number of tetrazole rings is 1. The summed E-state index contributed by atoms with van der Waals surface area (Å²) in [7, 11) is 0. The van der Waals surface area contributed by atoms with Crippen LogP contribution >= 0.6 is 0 Å². The van der Waals surface area contributed by atoms with Gasteiger partial charge in [-0.3, -0.25) is 4.57 Å². The summed E-state index contributed by atoms with van der Waals surface area (Å²) in [5.41, 5.74) is 4.48. The van der Waals surface area contributed by atoms with Crippen LogP contribution in [0, 0.1) is 0 Å². The highest BCUT2D eigenvalue weighted by Gasteiger charge is 2.17. The van der Waals surface area contributed by atoms with E-state index >= 15 is 0 Å². The zero-order chi connectivity index (χ0) is 25.6. The molecule has 5 aromatic rings. The quantitative estimate of drug-likeness (QED) is 0.303. The van der Waals surface area contributed by atoms with E-state index in [9.17, 15) is 9.90 Å². The van der Waals surface area contributed by atoms with E-state index in [2.05, 4.69) is 32.6 Å². The fourth-order valence-electron chi connectivity index (χ4n) is 4.41. The van der Waals surface area contributed by atoms with Gasteiger partial charge in [0.25, 0.3) is 0 Å². The average molecular weight is 496 g/mol. The largest absolute Gasteiger partial charge is 0.386 e. The molecule has 9 heteroatoms. The summed E-state index contributed by atoms with van der Waals surface area (Å²) in [5, 5.41) is 29.5. The van der Waals surface area contributed by atoms with Crippen molar-refractivity contribution in [2.75, 3.05) is 0 Å².